The molecule has 0 radical (unpaired) electrons. The standard InChI is InChI=1S/C18H28N2O3S2/c1-14(18(21)19-16-6-3-2-4-7-16)15-9-11-20(12-10-15)25(22,23)17-8-5-13-24-17/h5,8,13-16H,2-4,6-7,9-12H2,1H3,(H,19,21). The minimum absolute atomic E-state index is 0.0477. The third-order valence-electron chi connectivity index (χ3n) is 5.66. The Morgan fingerprint density at radius 2 is 1.88 bits per heavy atom. The molecule has 1 saturated heterocycles. The van der Waals surface area contributed by atoms with Crippen LogP contribution in [0, 0.1) is 11.8 Å². The molecule has 0 aromatic carbocycles. The lowest BCUT2D eigenvalue weighted by atomic mass is 9.85. The van der Waals surface area contributed by atoms with Crippen molar-refractivity contribution in [3.63, 3.8) is 0 Å². The first kappa shape index (κ1) is 18.9. The molecule has 5 nitrogen and oxygen atoms in total. The summed E-state index contributed by atoms with van der Waals surface area (Å²) < 4.78 is 27.1. The van der Waals surface area contributed by atoms with Crippen molar-refractivity contribution in [1.29, 1.82) is 0 Å². The zero-order valence-electron chi connectivity index (χ0n) is 14.8. The van der Waals surface area contributed by atoms with Gasteiger partial charge in [0.05, 0.1) is 0 Å². The van der Waals surface area contributed by atoms with Crippen molar-refractivity contribution in [3.8, 4) is 0 Å². The van der Waals surface area contributed by atoms with Gasteiger partial charge in [-0.1, -0.05) is 32.3 Å². The van der Waals surface area contributed by atoms with Gasteiger partial charge in [0.25, 0.3) is 10.0 Å². The highest BCUT2D eigenvalue weighted by molar-refractivity contribution is 7.91. The fraction of sp³-hybridized carbons (Fsp3) is 0.722. The molecule has 3 rings (SSSR count). The maximum atomic E-state index is 12.6. The molecule has 2 aliphatic rings. The van der Waals surface area contributed by atoms with Crippen molar-refractivity contribution >= 4 is 27.3 Å². The van der Waals surface area contributed by atoms with Gasteiger partial charge in [-0.3, -0.25) is 4.79 Å². The van der Waals surface area contributed by atoms with E-state index in [1.165, 1.54) is 30.6 Å². The van der Waals surface area contributed by atoms with Gasteiger partial charge in [-0.2, -0.15) is 4.31 Å². The second kappa shape index (κ2) is 8.18. The molecule has 1 aliphatic heterocycles. The van der Waals surface area contributed by atoms with E-state index < -0.39 is 10.0 Å². The van der Waals surface area contributed by atoms with Crippen LogP contribution in [0.2, 0.25) is 0 Å². The lowest BCUT2D eigenvalue weighted by molar-refractivity contribution is -0.127. The van der Waals surface area contributed by atoms with E-state index >= 15 is 0 Å². The molecular formula is C18H28N2O3S2. The quantitative estimate of drug-likeness (QED) is 0.847. The summed E-state index contributed by atoms with van der Waals surface area (Å²) in [6.45, 7) is 3.00. The van der Waals surface area contributed by atoms with E-state index in [0.29, 0.717) is 23.3 Å². The summed E-state index contributed by atoms with van der Waals surface area (Å²) in [4.78, 5) is 12.5. The molecule has 1 aromatic rings. The monoisotopic (exact) mass is 384 g/mol. The predicted octanol–water partition coefficient (Wildman–Crippen LogP) is 3.23. The number of carbonyl (C=O) groups is 1. The van der Waals surface area contributed by atoms with Crippen LogP contribution in [0.3, 0.4) is 0 Å². The third-order valence-corrected chi connectivity index (χ3v) is 8.93. The largest absolute Gasteiger partial charge is 0.353 e. The Kier molecular flexibility index (Phi) is 6.17. The third kappa shape index (κ3) is 4.44. The Labute approximate surface area is 154 Å². The summed E-state index contributed by atoms with van der Waals surface area (Å²) in [6.07, 6.45) is 7.38. The van der Waals surface area contributed by atoms with Crippen LogP contribution in [0.5, 0.6) is 0 Å². The van der Waals surface area contributed by atoms with E-state index in [1.807, 2.05) is 6.92 Å². The Morgan fingerprint density at radius 3 is 2.48 bits per heavy atom. The van der Waals surface area contributed by atoms with Crippen LogP contribution in [0.15, 0.2) is 21.7 Å². The number of thiophene rings is 1. The fourth-order valence-corrected chi connectivity index (χ4v) is 6.56. The Morgan fingerprint density at radius 1 is 1.20 bits per heavy atom. The molecule has 0 spiro atoms. The zero-order chi connectivity index (χ0) is 17.9. The molecule has 1 atom stereocenters. The van der Waals surface area contributed by atoms with E-state index in [9.17, 15) is 13.2 Å². The van der Waals surface area contributed by atoms with Crippen molar-refractivity contribution < 1.29 is 13.2 Å². The number of nitrogens with one attached hydrogen (secondary N) is 1. The number of carbonyl (C=O) groups excluding carboxylic acids is 1. The lowest BCUT2D eigenvalue weighted by Crippen LogP contribution is -2.45. The molecule has 140 valence electrons. The van der Waals surface area contributed by atoms with Gasteiger partial charge in [0.2, 0.25) is 5.91 Å². The van der Waals surface area contributed by atoms with Crippen LogP contribution in [0.25, 0.3) is 0 Å². The number of sulfonamides is 1. The highest BCUT2D eigenvalue weighted by atomic mass is 32.2. The first-order valence-corrected chi connectivity index (χ1v) is 11.6. The van der Waals surface area contributed by atoms with Crippen LogP contribution in [0.4, 0.5) is 0 Å². The molecule has 1 aromatic heterocycles. The summed E-state index contributed by atoms with van der Waals surface area (Å²) >= 11 is 1.26. The first-order valence-electron chi connectivity index (χ1n) is 9.32. The molecule has 2 heterocycles. The molecule has 0 bridgehead atoms. The minimum atomic E-state index is -3.36. The summed E-state index contributed by atoms with van der Waals surface area (Å²) in [5.74, 6) is 0.360. The van der Waals surface area contributed by atoms with Crippen molar-refractivity contribution in [2.75, 3.05) is 13.1 Å². The second-order valence-electron chi connectivity index (χ2n) is 7.31. The van der Waals surface area contributed by atoms with Crippen molar-refractivity contribution in [1.82, 2.24) is 9.62 Å². The smallest absolute Gasteiger partial charge is 0.252 e. The van der Waals surface area contributed by atoms with Gasteiger partial charge < -0.3 is 5.32 Å². The fourth-order valence-electron chi connectivity index (χ4n) is 3.95. The van der Waals surface area contributed by atoms with Gasteiger partial charge in [-0.25, -0.2) is 8.42 Å². The van der Waals surface area contributed by atoms with Crippen LogP contribution < -0.4 is 5.32 Å². The summed E-state index contributed by atoms with van der Waals surface area (Å²) in [6, 6.07) is 3.76. The van der Waals surface area contributed by atoms with E-state index in [4.69, 9.17) is 0 Å². The molecule has 2 fully saturated rings. The summed E-state index contributed by atoms with van der Waals surface area (Å²) in [5, 5.41) is 5.00. The van der Waals surface area contributed by atoms with E-state index in [1.54, 1.807) is 21.8 Å². The Hall–Kier alpha value is -0.920. The van der Waals surface area contributed by atoms with Crippen LogP contribution in [0.1, 0.15) is 51.9 Å². The maximum absolute atomic E-state index is 12.6. The van der Waals surface area contributed by atoms with Gasteiger partial charge in [0.15, 0.2) is 0 Å². The minimum Gasteiger partial charge on any atom is -0.353 e. The van der Waals surface area contributed by atoms with Gasteiger partial charge in [-0.05, 0) is 43.0 Å². The molecule has 25 heavy (non-hydrogen) atoms. The Balaban J connectivity index is 1.52. The number of piperidine rings is 1. The molecule has 1 amide bonds. The van der Waals surface area contributed by atoms with Gasteiger partial charge in [-0.15, -0.1) is 11.3 Å². The molecule has 1 unspecified atom stereocenters. The Bertz CT molecular complexity index is 659. The van der Waals surface area contributed by atoms with Gasteiger partial charge in [0.1, 0.15) is 4.21 Å². The van der Waals surface area contributed by atoms with Gasteiger partial charge in [0, 0.05) is 25.0 Å². The van der Waals surface area contributed by atoms with Crippen LogP contribution >= 0.6 is 11.3 Å². The second-order valence-corrected chi connectivity index (χ2v) is 10.4. The summed E-state index contributed by atoms with van der Waals surface area (Å²) in [5.41, 5.74) is 0. The highest BCUT2D eigenvalue weighted by Crippen LogP contribution is 2.30. The number of rotatable bonds is 5. The zero-order valence-corrected chi connectivity index (χ0v) is 16.4. The van der Waals surface area contributed by atoms with Crippen molar-refractivity contribution in [2.24, 2.45) is 11.8 Å². The van der Waals surface area contributed by atoms with Crippen LogP contribution in [-0.2, 0) is 14.8 Å². The lowest BCUT2D eigenvalue weighted by Gasteiger charge is -2.34. The molecular weight excluding hydrogens is 356 g/mol. The number of amides is 1. The van der Waals surface area contributed by atoms with Crippen molar-refractivity contribution in [3.05, 3.63) is 17.5 Å². The molecule has 7 heteroatoms. The van der Waals surface area contributed by atoms with Crippen LogP contribution in [-0.4, -0.2) is 37.8 Å². The molecule has 1 aliphatic carbocycles. The van der Waals surface area contributed by atoms with Gasteiger partial charge >= 0.3 is 0 Å². The maximum Gasteiger partial charge on any atom is 0.252 e. The number of hydrogen-bond donors (Lipinski definition) is 1. The van der Waals surface area contributed by atoms with E-state index in [-0.39, 0.29) is 17.7 Å². The molecule has 1 N–H and O–H groups in total. The summed E-state index contributed by atoms with van der Waals surface area (Å²) in [7, 11) is -3.36. The van der Waals surface area contributed by atoms with Crippen molar-refractivity contribution in [2.45, 2.75) is 62.1 Å². The average Bonchev–Trinajstić information content (AvgIpc) is 3.17. The highest BCUT2D eigenvalue weighted by Gasteiger charge is 2.34. The average molecular weight is 385 g/mol. The predicted molar refractivity (Wildman–Crippen MR) is 100.0 cm³/mol. The van der Waals surface area contributed by atoms with E-state index in [2.05, 4.69) is 5.32 Å². The van der Waals surface area contributed by atoms with E-state index in [0.717, 1.165) is 25.7 Å². The first-order chi connectivity index (χ1) is 12.0. The normalized spacial score (nSPS) is 22.6. The molecule has 1 saturated carbocycles. The number of hydrogen-bond acceptors (Lipinski definition) is 4. The SMILES string of the molecule is CC(C(=O)NC1CCCCC1)C1CCN(S(=O)(=O)c2cccs2)CC1. The topological polar surface area (TPSA) is 66.5 Å². The number of nitrogens with zero attached hydrogens (tertiary/aromatic N) is 1.